The number of hydrogen-bond acceptors (Lipinski definition) is 4. The third-order valence-corrected chi connectivity index (χ3v) is 6.87. The van der Waals surface area contributed by atoms with Crippen molar-refractivity contribution in [2.75, 3.05) is 6.61 Å². The predicted molar refractivity (Wildman–Crippen MR) is 128 cm³/mol. The van der Waals surface area contributed by atoms with Gasteiger partial charge in [-0.1, -0.05) is 69.3 Å². The Morgan fingerprint density at radius 1 is 1.00 bits per heavy atom. The molecule has 2 aliphatic carbocycles. The van der Waals surface area contributed by atoms with Gasteiger partial charge >= 0.3 is 12.1 Å². The number of aliphatic carboxylic acids is 1. The zero-order chi connectivity index (χ0) is 24.5. The van der Waals surface area contributed by atoms with Crippen LogP contribution < -0.4 is 10.6 Å². The first-order chi connectivity index (χ1) is 16.1. The van der Waals surface area contributed by atoms with E-state index in [0.29, 0.717) is 19.3 Å². The van der Waals surface area contributed by atoms with Gasteiger partial charge in [0.25, 0.3) is 0 Å². The highest BCUT2D eigenvalue weighted by Gasteiger charge is 2.37. The SMILES string of the molecule is CC(C)(C)[C@@H](NC(=O)[C@H]1CC[C@@H](NC(=O)OCC2c3ccccc3-c3ccccc32)C1)C(=O)O. The summed E-state index contributed by atoms with van der Waals surface area (Å²) in [5, 5.41) is 15.0. The van der Waals surface area contributed by atoms with Crippen molar-refractivity contribution >= 4 is 18.0 Å². The molecule has 1 saturated carbocycles. The predicted octanol–water partition coefficient (Wildman–Crippen LogP) is 4.31. The van der Waals surface area contributed by atoms with Crippen molar-refractivity contribution in [2.45, 2.75) is 58.0 Å². The van der Waals surface area contributed by atoms with Crippen LogP contribution in [0.3, 0.4) is 0 Å². The van der Waals surface area contributed by atoms with E-state index in [1.165, 1.54) is 11.1 Å². The van der Waals surface area contributed by atoms with Gasteiger partial charge in [-0.25, -0.2) is 9.59 Å². The second-order valence-electron chi connectivity index (χ2n) is 10.3. The molecule has 34 heavy (non-hydrogen) atoms. The summed E-state index contributed by atoms with van der Waals surface area (Å²) in [5.41, 5.74) is 4.05. The van der Waals surface area contributed by atoms with E-state index in [0.717, 1.165) is 11.1 Å². The van der Waals surface area contributed by atoms with Crippen molar-refractivity contribution in [2.24, 2.45) is 11.3 Å². The number of hydrogen-bond donors (Lipinski definition) is 3. The molecule has 2 aromatic carbocycles. The lowest BCUT2D eigenvalue weighted by Gasteiger charge is -2.28. The van der Waals surface area contributed by atoms with E-state index in [4.69, 9.17) is 4.74 Å². The number of benzene rings is 2. The fourth-order valence-electron chi connectivity index (χ4n) is 5.07. The molecule has 3 N–H and O–H groups in total. The third-order valence-electron chi connectivity index (χ3n) is 6.87. The Bertz CT molecular complexity index is 1040. The summed E-state index contributed by atoms with van der Waals surface area (Å²) in [6.07, 6.45) is 1.21. The molecule has 0 unspecified atom stereocenters. The van der Waals surface area contributed by atoms with Gasteiger partial charge in [0.1, 0.15) is 12.6 Å². The molecule has 7 heteroatoms. The molecule has 4 rings (SSSR count). The van der Waals surface area contributed by atoms with Crippen molar-refractivity contribution in [3.05, 3.63) is 59.7 Å². The molecule has 2 amide bonds. The lowest BCUT2D eigenvalue weighted by molar-refractivity contribution is -0.145. The molecule has 0 heterocycles. The highest BCUT2D eigenvalue weighted by molar-refractivity contribution is 5.86. The minimum Gasteiger partial charge on any atom is -0.480 e. The van der Waals surface area contributed by atoms with Gasteiger partial charge in [-0.15, -0.1) is 0 Å². The van der Waals surface area contributed by atoms with Crippen molar-refractivity contribution in [3.8, 4) is 11.1 Å². The number of alkyl carbamates (subject to hydrolysis) is 1. The largest absolute Gasteiger partial charge is 0.480 e. The van der Waals surface area contributed by atoms with Crippen LogP contribution in [-0.2, 0) is 14.3 Å². The lowest BCUT2D eigenvalue weighted by atomic mass is 9.86. The van der Waals surface area contributed by atoms with Crippen LogP contribution in [-0.4, -0.2) is 41.8 Å². The van der Waals surface area contributed by atoms with E-state index >= 15 is 0 Å². The fraction of sp³-hybridized carbons (Fsp3) is 0.444. The molecule has 0 radical (unpaired) electrons. The fourth-order valence-corrected chi connectivity index (χ4v) is 5.07. The highest BCUT2D eigenvalue weighted by Crippen LogP contribution is 2.44. The summed E-state index contributed by atoms with van der Waals surface area (Å²) in [7, 11) is 0. The quantitative estimate of drug-likeness (QED) is 0.591. The standard InChI is InChI=1S/C27H32N2O5/c1-27(2,3)23(25(31)32)29-24(30)16-12-13-17(14-16)28-26(33)34-15-22-20-10-6-4-8-18(20)19-9-5-7-11-21(19)22/h4-11,16-17,22-23H,12-15H2,1-3H3,(H,28,33)(H,29,30)(H,31,32)/t16-,17+,23-/m0/s1. The first kappa shape index (κ1) is 23.8. The van der Waals surface area contributed by atoms with Gasteiger partial charge in [-0.05, 0) is 46.9 Å². The zero-order valence-corrected chi connectivity index (χ0v) is 19.8. The monoisotopic (exact) mass is 464 g/mol. The third kappa shape index (κ3) is 4.93. The Labute approximate surface area is 199 Å². The average molecular weight is 465 g/mol. The number of rotatable bonds is 6. The molecule has 0 aliphatic heterocycles. The maximum absolute atomic E-state index is 12.7. The molecule has 0 aromatic heterocycles. The van der Waals surface area contributed by atoms with Crippen LogP contribution in [0.1, 0.15) is 57.1 Å². The molecule has 3 atom stereocenters. The molecule has 0 spiro atoms. The van der Waals surface area contributed by atoms with Crippen LogP contribution in [0.2, 0.25) is 0 Å². The number of amides is 2. The molecule has 7 nitrogen and oxygen atoms in total. The number of ether oxygens (including phenoxy) is 1. The van der Waals surface area contributed by atoms with Gasteiger partial charge in [-0.3, -0.25) is 4.79 Å². The maximum atomic E-state index is 12.7. The van der Waals surface area contributed by atoms with Crippen molar-refractivity contribution in [1.82, 2.24) is 10.6 Å². The van der Waals surface area contributed by atoms with E-state index in [1.807, 2.05) is 24.3 Å². The number of nitrogens with one attached hydrogen (secondary N) is 2. The molecule has 2 aromatic rings. The van der Waals surface area contributed by atoms with Crippen LogP contribution in [0.25, 0.3) is 11.1 Å². The van der Waals surface area contributed by atoms with Crippen LogP contribution in [0.4, 0.5) is 4.79 Å². The van der Waals surface area contributed by atoms with Gasteiger partial charge < -0.3 is 20.5 Å². The number of carboxylic acids is 1. The Morgan fingerprint density at radius 2 is 1.59 bits per heavy atom. The van der Waals surface area contributed by atoms with Crippen LogP contribution in [0.15, 0.2) is 48.5 Å². The van der Waals surface area contributed by atoms with E-state index in [9.17, 15) is 19.5 Å². The van der Waals surface area contributed by atoms with Gasteiger partial charge in [0.2, 0.25) is 5.91 Å². The van der Waals surface area contributed by atoms with Crippen molar-refractivity contribution in [1.29, 1.82) is 0 Å². The second-order valence-corrected chi connectivity index (χ2v) is 10.3. The Morgan fingerprint density at radius 3 is 2.15 bits per heavy atom. The van der Waals surface area contributed by atoms with Crippen LogP contribution in [0, 0.1) is 11.3 Å². The van der Waals surface area contributed by atoms with Crippen LogP contribution >= 0.6 is 0 Å². The Hall–Kier alpha value is -3.35. The van der Waals surface area contributed by atoms with E-state index in [-0.39, 0.29) is 30.4 Å². The molecule has 180 valence electrons. The number of carboxylic acid groups (broad SMARTS) is 1. The summed E-state index contributed by atoms with van der Waals surface area (Å²) in [5.74, 6) is -1.67. The zero-order valence-electron chi connectivity index (χ0n) is 19.8. The number of fused-ring (bicyclic) bond motifs is 3. The van der Waals surface area contributed by atoms with Crippen molar-refractivity contribution < 1.29 is 24.2 Å². The van der Waals surface area contributed by atoms with E-state index < -0.39 is 23.5 Å². The van der Waals surface area contributed by atoms with E-state index in [1.54, 1.807) is 20.8 Å². The summed E-state index contributed by atoms with van der Waals surface area (Å²) in [6.45, 7) is 5.58. The summed E-state index contributed by atoms with van der Waals surface area (Å²) in [6, 6.07) is 15.2. The first-order valence-electron chi connectivity index (χ1n) is 11.8. The Kier molecular flexibility index (Phi) is 6.64. The Balaban J connectivity index is 1.30. The number of carbonyl (C=O) groups is 3. The smallest absolute Gasteiger partial charge is 0.407 e. The maximum Gasteiger partial charge on any atom is 0.407 e. The van der Waals surface area contributed by atoms with Gasteiger partial charge in [0.05, 0.1) is 0 Å². The first-order valence-corrected chi connectivity index (χ1v) is 11.8. The van der Waals surface area contributed by atoms with Gasteiger partial charge in [-0.2, -0.15) is 0 Å². The second kappa shape index (κ2) is 9.49. The molecular formula is C27H32N2O5. The van der Waals surface area contributed by atoms with Gasteiger partial charge in [0, 0.05) is 17.9 Å². The number of carbonyl (C=O) groups excluding carboxylic acids is 2. The molecular weight excluding hydrogens is 432 g/mol. The topological polar surface area (TPSA) is 105 Å². The summed E-state index contributed by atoms with van der Waals surface area (Å²) < 4.78 is 5.61. The normalized spacial score (nSPS) is 20.2. The molecule has 0 saturated heterocycles. The lowest BCUT2D eigenvalue weighted by Crippen LogP contribution is -2.50. The molecule has 1 fully saturated rings. The molecule has 2 aliphatic rings. The average Bonchev–Trinajstić information content (AvgIpc) is 3.37. The minimum absolute atomic E-state index is 0.00870. The van der Waals surface area contributed by atoms with Gasteiger partial charge in [0.15, 0.2) is 0 Å². The van der Waals surface area contributed by atoms with Crippen LogP contribution in [0.5, 0.6) is 0 Å². The minimum atomic E-state index is -1.05. The summed E-state index contributed by atoms with van der Waals surface area (Å²) in [4.78, 5) is 36.7. The van der Waals surface area contributed by atoms with Crippen molar-refractivity contribution in [3.63, 3.8) is 0 Å². The van der Waals surface area contributed by atoms with E-state index in [2.05, 4.69) is 34.9 Å². The summed E-state index contributed by atoms with van der Waals surface area (Å²) >= 11 is 0. The highest BCUT2D eigenvalue weighted by atomic mass is 16.5. The molecule has 0 bridgehead atoms.